The van der Waals surface area contributed by atoms with Crippen molar-refractivity contribution in [2.45, 2.75) is 62.8 Å². The Balaban J connectivity index is 1.30. The summed E-state index contributed by atoms with van der Waals surface area (Å²) in [5, 5.41) is 6.49. The lowest BCUT2D eigenvalue weighted by Crippen LogP contribution is -2.43. The van der Waals surface area contributed by atoms with Crippen molar-refractivity contribution in [1.82, 2.24) is 10.6 Å². The molecule has 1 spiro atoms. The first-order valence-electron chi connectivity index (χ1n) is 7.56. The van der Waals surface area contributed by atoms with Crippen LogP contribution in [0.4, 0.5) is 0 Å². The maximum atomic E-state index is 11.5. The van der Waals surface area contributed by atoms with Crippen LogP contribution in [0.3, 0.4) is 0 Å². The largest absolute Gasteiger partial charge is 0.353 e. The van der Waals surface area contributed by atoms with Gasteiger partial charge in [0.15, 0.2) is 5.79 Å². The van der Waals surface area contributed by atoms with Crippen LogP contribution in [0, 0.1) is 0 Å². The summed E-state index contributed by atoms with van der Waals surface area (Å²) >= 11 is 0. The van der Waals surface area contributed by atoms with E-state index in [-0.39, 0.29) is 11.7 Å². The van der Waals surface area contributed by atoms with Gasteiger partial charge < -0.3 is 20.1 Å². The first-order valence-corrected chi connectivity index (χ1v) is 7.56. The molecule has 2 saturated carbocycles. The predicted octanol–water partition coefficient (Wildman–Crippen LogP) is 0.930. The summed E-state index contributed by atoms with van der Waals surface area (Å²) in [4.78, 5) is 11.5. The summed E-state index contributed by atoms with van der Waals surface area (Å²) in [6, 6.07) is 0.978. The molecule has 1 heterocycles. The smallest absolute Gasteiger partial charge is 0.221 e. The van der Waals surface area contributed by atoms with Gasteiger partial charge in [0.2, 0.25) is 5.91 Å². The second-order valence-electron chi connectivity index (χ2n) is 5.93. The van der Waals surface area contributed by atoms with Crippen molar-refractivity contribution < 1.29 is 14.3 Å². The lowest BCUT2D eigenvalue weighted by atomic mass is 9.90. The minimum Gasteiger partial charge on any atom is -0.353 e. The van der Waals surface area contributed by atoms with Crippen LogP contribution in [0.15, 0.2) is 0 Å². The highest BCUT2D eigenvalue weighted by atomic mass is 16.7. The van der Waals surface area contributed by atoms with Crippen LogP contribution >= 0.6 is 0 Å². The monoisotopic (exact) mass is 268 g/mol. The fourth-order valence-corrected chi connectivity index (χ4v) is 2.96. The number of hydrogen-bond acceptors (Lipinski definition) is 4. The summed E-state index contributed by atoms with van der Waals surface area (Å²) in [6.45, 7) is 2.25. The van der Waals surface area contributed by atoms with E-state index >= 15 is 0 Å². The minimum atomic E-state index is -0.276. The molecule has 19 heavy (non-hydrogen) atoms. The Morgan fingerprint density at radius 2 is 1.74 bits per heavy atom. The maximum absolute atomic E-state index is 11.5. The predicted molar refractivity (Wildman–Crippen MR) is 70.7 cm³/mol. The van der Waals surface area contributed by atoms with Crippen molar-refractivity contribution >= 4 is 5.91 Å². The summed E-state index contributed by atoms with van der Waals surface area (Å²) in [6.07, 6.45) is 6.99. The van der Waals surface area contributed by atoms with E-state index in [1.54, 1.807) is 0 Å². The highest BCUT2D eigenvalue weighted by Crippen LogP contribution is 2.35. The number of nitrogens with one attached hydrogen (secondary N) is 2. The number of carbonyl (C=O) groups is 1. The van der Waals surface area contributed by atoms with E-state index in [1.807, 2.05) is 0 Å². The zero-order valence-corrected chi connectivity index (χ0v) is 11.5. The second kappa shape index (κ2) is 5.77. The van der Waals surface area contributed by atoms with Crippen LogP contribution in [0.2, 0.25) is 0 Å². The third kappa shape index (κ3) is 3.68. The fourth-order valence-electron chi connectivity index (χ4n) is 2.96. The molecule has 0 atom stereocenters. The molecule has 5 nitrogen and oxygen atoms in total. The molecule has 0 aromatic heterocycles. The molecule has 1 amide bonds. The maximum Gasteiger partial charge on any atom is 0.221 e. The van der Waals surface area contributed by atoms with Crippen LogP contribution < -0.4 is 10.6 Å². The third-order valence-corrected chi connectivity index (χ3v) is 4.29. The highest BCUT2D eigenvalue weighted by molar-refractivity contribution is 5.76. The van der Waals surface area contributed by atoms with E-state index in [0.717, 1.165) is 58.3 Å². The van der Waals surface area contributed by atoms with E-state index < -0.39 is 0 Å². The Kier molecular flexibility index (Phi) is 4.05. The van der Waals surface area contributed by atoms with E-state index in [2.05, 4.69) is 10.6 Å². The van der Waals surface area contributed by atoms with Crippen molar-refractivity contribution in [3.8, 4) is 0 Å². The van der Waals surface area contributed by atoms with Crippen LogP contribution in [0.1, 0.15) is 44.9 Å². The molecule has 1 saturated heterocycles. The summed E-state index contributed by atoms with van der Waals surface area (Å²) in [7, 11) is 0. The zero-order valence-electron chi connectivity index (χ0n) is 11.5. The molecule has 3 fully saturated rings. The van der Waals surface area contributed by atoms with Gasteiger partial charge in [-0.25, -0.2) is 0 Å². The first-order chi connectivity index (χ1) is 9.26. The molecule has 3 rings (SSSR count). The van der Waals surface area contributed by atoms with Gasteiger partial charge in [-0.3, -0.25) is 4.79 Å². The number of rotatable bonds is 5. The molecule has 0 unspecified atom stereocenters. The zero-order chi connectivity index (χ0) is 13.1. The molecule has 5 heteroatoms. The third-order valence-electron chi connectivity index (χ3n) is 4.29. The lowest BCUT2D eigenvalue weighted by Gasteiger charge is -2.35. The Labute approximate surface area is 114 Å². The van der Waals surface area contributed by atoms with Crippen molar-refractivity contribution in [3.05, 3.63) is 0 Å². The molecule has 2 aliphatic carbocycles. The first kappa shape index (κ1) is 13.3. The molecule has 0 aromatic carbocycles. The van der Waals surface area contributed by atoms with Gasteiger partial charge in [0.05, 0.1) is 13.2 Å². The quantitative estimate of drug-likeness (QED) is 0.779. The Hall–Kier alpha value is -0.650. The van der Waals surface area contributed by atoms with E-state index in [0.29, 0.717) is 18.5 Å². The van der Waals surface area contributed by atoms with Crippen molar-refractivity contribution in [3.63, 3.8) is 0 Å². The van der Waals surface area contributed by atoms with Crippen molar-refractivity contribution in [2.24, 2.45) is 0 Å². The summed E-state index contributed by atoms with van der Waals surface area (Å²) in [5.41, 5.74) is 0. The SMILES string of the molecule is O=C(CCNC1CCC2(CC1)OCCO2)NC1CC1. The second-order valence-corrected chi connectivity index (χ2v) is 5.93. The lowest BCUT2D eigenvalue weighted by molar-refractivity contribution is -0.179. The van der Waals surface area contributed by atoms with Crippen LogP contribution in [0.5, 0.6) is 0 Å². The van der Waals surface area contributed by atoms with Crippen molar-refractivity contribution in [2.75, 3.05) is 19.8 Å². The van der Waals surface area contributed by atoms with Crippen LogP contribution in [-0.2, 0) is 14.3 Å². The average Bonchev–Trinajstić information content (AvgIpc) is 3.11. The molecular formula is C14H24N2O3. The molecule has 0 aromatic rings. The Morgan fingerprint density at radius 3 is 2.37 bits per heavy atom. The number of hydrogen-bond donors (Lipinski definition) is 2. The molecule has 0 radical (unpaired) electrons. The van der Waals surface area contributed by atoms with Gasteiger partial charge in [-0.05, 0) is 25.7 Å². The van der Waals surface area contributed by atoms with E-state index in [9.17, 15) is 4.79 Å². The average molecular weight is 268 g/mol. The number of amides is 1. The van der Waals surface area contributed by atoms with Gasteiger partial charge in [0, 0.05) is 37.9 Å². The molecule has 108 valence electrons. The number of carbonyl (C=O) groups excluding carboxylic acids is 1. The van der Waals surface area contributed by atoms with Crippen molar-refractivity contribution in [1.29, 1.82) is 0 Å². The van der Waals surface area contributed by atoms with E-state index in [4.69, 9.17) is 9.47 Å². The molecular weight excluding hydrogens is 244 g/mol. The highest BCUT2D eigenvalue weighted by Gasteiger charge is 2.40. The summed E-state index contributed by atoms with van der Waals surface area (Å²) < 4.78 is 11.4. The molecule has 3 aliphatic rings. The normalized spacial score (nSPS) is 26.7. The molecule has 0 bridgehead atoms. The molecule has 1 aliphatic heterocycles. The van der Waals surface area contributed by atoms with Gasteiger partial charge in [-0.15, -0.1) is 0 Å². The molecule has 2 N–H and O–H groups in total. The summed E-state index contributed by atoms with van der Waals surface area (Å²) in [5.74, 6) is -0.0913. The van der Waals surface area contributed by atoms with Gasteiger partial charge in [-0.2, -0.15) is 0 Å². The van der Waals surface area contributed by atoms with Gasteiger partial charge in [-0.1, -0.05) is 0 Å². The Bertz CT molecular complexity index is 315. The van der Waals surface area contributed by atoms with Gasteiger partial charge in [0.25, 0.3) is 0 Å². The van der Waals surface area contributed by atoms with Crippen LogP contribution in [0.25, 0.3) is 0 Å². The van der Waals surface area contributed by atoms with Crippen LogP contribution in [-0.4, -0.2) is 43.5 Å². The Morgan fingerprint density at radius 1 is 1.05 bits per heavy atom. The standard InChI is InChI=1S/C14H24N2O3/c17-13(16-12-1-2-12)5-8-15-11-3-6-14(7-4-11)18-9-10-19-14/h11-12,15H,1-10H2,(H,16,17). The van der Waals surface area contributed by atoms with E-state index in [1.165, 1.54) is 0 Å². The number of ether oxygens (including phenoxy) is 2. The topological polar surface area (TPSA) is 59.6 Å². The minimum absolute atomic E-state index is 0.185. The van der Waals surface area contributed by atoms with Gasteiger partial charge >= 0.3 is 0 Å². The fraction of sp³-hybridized carbons (Fsp3) is 0.929. The van der Waals surface area contributed by atoms with Gasteiger partial charge in [0.1, 0.15) is 0 Å².